The molecule has 33 heavy (non-hydrogen) atoms. The minimum Gasteiger partial charge on any atom is -0.497 e. The molecule has 0 spiro atoms. The van der Waals surface area contributed by atoms with E-state index < -0.39 is 0 Å². The summed E-state index contributed by atoms with van der Waals surface area (Å²) in [4.78, 5) is 34.1. The van der Waals surface area contributed by atoms with Crippen molar-refractivity contribution in [3.8, 4) is 5.75 Å². The molecule has 1 atom stereocenters. The Morgan fingerprint density at radius 2 is 1.97 bits per heavy atom. The normalized spacial score (nSPS) is 19.4. The summed E-state index contributed by atoms with van der Waals surface area (Å²) in [5, 5.41) is 0.916. The Hall–Kier alpha value is -2.68. The summed E-state index contributed by atoms with van der Waals surface area (Å²) >= 11 is 1.42. The van der Waals surface area contributed by atoms with Crippen molar-refractivity contribution in [1.82, 2.24) is 14.3 Å². The third kappa shape index (κ3) is 5.82. The van der Waals surface area contributed by atoms with Gasteiger partial charge in [0.15, 0.2) is 0 Å². The van der Waals surface area contributed by atoms with E-state index in [9.17, 15) is 9.59 Å². The summed E-state index contributed by atoms with van der Waals surface area (Å²) in [5.41, 5.74) is 1.12. The molecule has 2 aromatic rings. The lowest BCUT2D eigenvalue weighted by molar-refractivity contribution is -0.152. The van der Waals surface area contributed by atoms with Crippen LogP contribution in [0.3, 0.4) is 0 Å². The number of amides is 1. The first-order chi connectivity index (χ1) is 16.1. The third-order valence-electron chi connectivity index (χ3n) is 6.42. The van der Waals surface area contributed by atoms with Crippen molar-refractivity contribution in [2.45, 2.75) is 39.0 Å². The lowest BCUT2D eigenvalue weighted by atomic mass is 9.92. The Morgan fingerprint density at radius 3 is 2.73 bits per heavy atom. The van der Waals surface area contributed by atoms with Crippen LogP contribution in [0.15, 0.2) is 24.3 Å². The van der Waals surface area contributed by atoms with E-state index >= 15 is 0 Å². The van der Waals surface area contributed by atoms with Gasteiger partial charge in [0, 0.05) is 50.1 Å². The molecule has 0 radical (unpaired) electrons. The number of likely N-dealkylation sites (tertiary alicyclic amines) is 1. The highest BCUT2D eigenvalue weighted by atomic mass is 32.1. The van der Waals surface area contributed by atoms with Gasteiger partial charge in [0.1, 0.15) is 11.6 Å². The molecule has 8 nitrogen and oxygen atoms in total. The van der Waals surface area contributed by atoms with E-state index in [2.05, 4.69) is 9.27 Å². The Morgan fingerprint density at radius 1 is 1.15 bits per heavy atom. The average Bonchev–Trinajstić information content (AvgIpc) is 3.32. The number of nitrogens with zero attached hydrogens (tertiary/aromatic N) is 4. The van der Waals surface area contributed by atoms with Crippen LogP contribution in [0.25, 0.3) is 0 Å². The number of carbonyl (C=O) groups is 2. The van der Waals surface area contributed by atoms with Gasteiger partial charge in [-0.15, -0.1) is 0 Å². The van der Waals surface area contributed by atoms with Gasteiger partial charge in [-0.25, -0.2) is 4.98 Å². The smallest absolute Gasteiger partial charge is 0.310 e. The highest BCUT2D eigenvalue weighted by Crippen LogP contribution is 2.28. The van der Waals surface area contributed by atoms with Gasteiger partial charge < -0.3 is 19.3 Å². The summed E-state index contributed by atoms with van der Waals surface area (Å²) in [6.07, 6.45) is 3.92. The van der Waals surface area contributed by atoms with Gasteiger partial charge in [-0.05, 0) is 50.3 Å². The quantitative estimate of drug-likeness (QED) is 0.572. The van der Waals surface area contributed by atoms with Crippen molar-refractivity contribution in [2.24, 2.45) is 11.8 Å². The van der Waals surface area contributed by atoms with E-state index in [4.69, 9.17) is 14.5 Å². The Labute approximate surface area is 199 Å². The molecule has 1 aromatic carbocycles. The minimum absolute atomic E-state index is 0.00590. The molecule has 9 heteroatoms. The average molecular weight is 473 g/mol. The van der Waals surface area contributed by atoms with E-state index in [1.54, 1.807) is 7.11 Å². The van der Waals surface area contributed by atoms with Crippen LogP contribution in [-0.2, 0) is 20.7 Å². The largest absolute Gasteiger partial charge is 0.497 e. The van der Waals surface area contributed by atoms with Crippen molar-refractivity contribution in [1.29, 1.82) is 0 Å². The van der Waals surface area contributed by atoms with Crippen LogP contribution in [0.1, 0.15) is 44.0 Å². The van der Waals surface area contributed by atoms with E-state index in [1.165, 1.54) is 11.5 Å². The van der Waals surface area contributed by atoms with Crippen LogP contribution in [-0.4, -0.2) is 66.0 Å². The van der Waals surface area contributed by atoms with Crippen LogP contribution in [0.4, 0.5) is 5.13 Å². The monoisotopic (exact) mass is 472 g/mol. The fraction of sp³-hybridized carbons (Fsp3) is 0.583. The molecule has 2 aliphatic rings. The summed E-state index contributed by atoms with van der Waals surface area (Å²) in [5.74, 6) is 1.46. The summed E-state index contributed by atoms with van der Waals surface area (Å²) in [6, 6.07) is 7.95. The van der Waals surface area contributed by atoms with Gasteiger partial charge in [-0.2, -0.15) is 4.37 Å². The molecular weight excluding hydrogens is 440 g/mol. The number of benzene rings is 1. The molecule has 0 aliphatic carbocycles. The number of ether oxygens (including phenoxy) is 2. The van der Waals surface area contributed by atoms with Gasteiger partial charge in [-0.3, -0.25) is 9.59 Å². The molecule has 4 rings (SSSR count). The molecule has 1 unspecified atom stereocenters. The van der Waals surface area contributed by atoms with Gasteiger partial charge >= 0.3 is 5.97 Å². The maximum Gasteiger partial charge on any atom is 0.310 e. The Bertz CT molecular complexity index is 957. The van der Waals surface area contributed by atoms with Crippen molar-refractivity contribution < 1.29 is 19.1 Å². The van der Waals surface area contributed by atoms with Crippen LogP contribution in [0.2, 0.25) is 0 Å². The van der Waals surface area contributed by atoms with Crippen molar-refractivity contribution >= 4 is 28.5 Å². The molecule has 0 bridgehead atoms. The predicted octanol–water partition coefficient (Wildman–Crippen LogP) is 3.16. The molecular formula is C24H32N4O4S. The van der Waals surface area contributed by atoms with E-state index in [-0.39, 0.29) is 23.7 Å². The van der Waals surface area contributed by atoms with Crippen LogP contribution in [0, 0.1) is 11.8 Å². The van der Waals surface area contributed by atoms with Crippen molar-refractivity contribution in [3.63, 3.8) is 0 Å². The maximum atomic E-state index is 13.1. The Kier molecular flexibility index (Phi) is 7.80. The molecule has 3 heterocycles. The number of piperidine rings is 2. The standard InChI is InChI=1S/C24H32N4O4S/c1-3-32-23(30)19-7-5-11-28(16-19)22(29)18-9-12-27(13-10-18)24-25-21(26-33-24)15-17-6-4-8-20(14-17)31-2/h4,6,8,14,18-19H,3,5,7,9-13,15-16H2,1-2H3. The van der Waals surface area contributed by atoms with E-state index in [1.807, 2.05) is 36.1 Å². The second-order valence-electron chi connectivity index (χ2n) is 8.66. The lowest BCUT2D eigenvalue weighted by Crippen LogP contribution is -2.47. The molecule has 0 saturated carbocycles. The van der Waals surface area contributed by atoms with Crippen LogP contribution < -0.4 is 9.64 Å². The zero-order valence-electron chi connectivity index (χ0n) is 19.4. The third-order valence-corrected chi connectivity index (χ3v) is 7.24. The summed E-state index contributed by atoms with van der Waals surface area (Å²) < 4.78 is 15.0. The number of hydrogen-bond donors (Lipinski definition) is 0. The highest BCUT2D eigenvalue weighted by molar-refractivity contribution is 7.09. The fourth-order valence-corrected chi connectivity index (χ4v) is 5.35. The summed E-state index contributed by atoms with van der Waals surface area (Å²) in [6.45, 7) is 5.01. The lowest BCUT2D eigenvalue weighted by Gasteiger charge is -2.37. The van der Waals surface area contributed by atoms with Gasteiger partial charge in [0.05, 0.1) is 19.6 Å². The maximum absolute atomic E-state index is 13.1. The van der Waals surface area contributed by atoms with E-state index in [0.717, 1.165) is 67.6 Å². The van der Waals surface area contributed by atoms with Crippen molar-refractivity contribution in [2.75, 3.05) is 44.8 Å². The van der Waals surface area contributed by atoms with Gasteiger partial charge in [-0.1, -0.05) is 12.1 Å². The van der Waals surface area contributed by atoms with Gasteiger partial charge in [0.25, 0.3) is 0 Å². The molecule has 1 aromatic heterocycles. The number of hydrogen-bond acceptors (Lipinski definition) is 8. The van der Waals surface area contributed by atoms with Gasteiger partial charge in [0.2, 0.25) is 11.0 Å². The zero-order chi connectivity index (χ0) is 23.2. The number of aromatic nitrogens is 2. The second-order valence-corrected chi connectivity index (χ2v) is 9.39. The molecule has 1 amide bonds. The highest BCUT2D eigenvalue weighted by Gasteiger charge is 2.34. The number of methoxy groups -OCH3 is 1. The van der Waals surface area contributed by atoms with Crippen molar-refractivity contribution in [3.05, 3.63) is 35.7 Å². The first-order valence-corrected chi connectivity index (χ1v) is 12.5. The SMILES string of the molecule is CCOC(=O)C1CCCN(C(=O)C2CCN(c3nc(Cc4cccc(OC)c4)ns3)CC2)C1. The van der Waals surface area contributed by atoms with Crippen LogP contribution in [0.5, 0.6) is 5.75 Å². The first-order valence-electron chi connectivity index (χ1n) is 11.7. The number of anilines is 1. The molecule has 0 N–H and O–H groups in total. The fourth-order valence-electron chi connectivity index (χ4n) is 4.62. The number of carbonyl (C=O) groups excluding carboxylic acids is 2. The Balaban J connectivity index is 1.29. The first kappa shape index (κ1) is 23.5. The predicted molar refractivity (Wildman–Crippen MR) is 127 cm³/mol. The van der Waals surface area contributed by atoms with E-state index in [0.29, 0.717) is 19.6 Å². The molecule has 2 saturated heterocycles. The molecule has 178 valence electrons. The molecule has 2 fully saturated rings. The number of esters is 1. The number of rotatable bonds is 7. The van der Waals surface area contributed by atoms with Crippen LogP contribution >= 0.6 is 11.5 Å². The summed E-state index contributed by atoms with van der Waals surface area (Å²) in [7, 11) is 1.66. The molecule has 2 aliphatic heterocycles. The zero-order valence-corrected chi connectivity index (χ0v) is 20.2. The minimum atomic E-state index is -0.188. The second kappa shape index (κ2) is 11.0. The topological polar surface area (TPSA) is 84.9 Å².